The van der Waals surface area contributed by atoms with Crippen LogP contribution >= 0.6 is 0 Å². The number of rotatable bonds is 3. The van der Waals surface area contributed by atoms with Crippen molar-refractivity contribution in [3.63, 3.8) is 0 Å². The van der Waals surface area contributed by atoms with Gasteiger partial charge in [-0.25, -0.2) is 0 Å². The van der Waals surface area contributed by atoms with E-state index in [2.05, 4.69) is 13.8 Å². The summed E-state index contributed by atoms with van der Waals surface area (Å²) in [5.41, 5.74) is 5.74. The number of nitrogens with two attached hydrogens (primary N) is 1. The molecule has 0 aromatic rings. The van der Waals surface area contributed by atoms with Crippen LogP contribution < -0.4 is 5.73 Å². The SMILES string of the molecule is CC(N)CCC1CCC(C)CC1. The van der Waals surface area contributed by atoms with Crippen LogP contribution in [0.1, 0.15) is 52.4 Å². The average molecular weight is 169 g/mol. The maximum Gasteiger partial charge on any atom is 0.00105 e. The molecule has 1 fully saturated rings. The van der Waals surface area contributed by atoms with Crippen LogP contribution in [0.5, 0.6) is 0 Å². The maximum atomic E-state index is 5.74. The van der Waals surface area contributed by atoms with Crippen molar-refractivity contribution < 1.29 is 0 Å². The van der Waals surface area contributed by atoms with E-state index in [-0.39, 0.29) is 0 Å². The second-order valence-electron chi connectivity index (χ2n) is 4.68. The molecule has 1 heteroatoms. The quantitative estimate of drug-likeness (QED) is 0.690. The van der Waals surface area contributed by atoms with Crippen LogP contribution in [0.15, 0.2) is 0 Å². The molecule has 0 amide bonds. The highest BCUT2D eigenvalue weighted by Gasteiger charge is 2.17. The Labute approximate surface area is 76.7 Å². The number of hydrogen-bond acceptors (Lipinski definition) is 1. The van der Waals surface area contributed by atoms with Gasteiger partial charge in [0.1, 0.15) is 0 Å². The molecule has 0 heterocycles. The van der Waals surface area contributed by atoms with E-state index in [0.717, 1.165) is 11.8 Å². The highest BCUT2D eigenvalue weighted by Crippen LogP contribution is 2.31. The largest absolute Gasteiger partial charge is 0.328 e. The van der Waals surface area contributed by atoms with Crippen LogP contribution in [0.25, 0.3) is 0 Å². The summed E-state index contributed by atoms with van der Waals surface area (Å²) in [6, 6.07) is 0.407. The first-order valence-corrected chi connectivity index (χ1v) is 5.44. The van der Waals surface area contributed by atoms with Gasteiger partial charge in [-0.15, -0.1) is 0 Å². The van der Waals surface area contributed by atoms with E-state index in [9.17, 15) is 0 Å². The van der Waals surface area contributed by atoms with Gasteiger partial charge in [0.15, 0.2) is 0 Å². The Bertz CT molecular complexity index is 112. The molecule has 12 heavy (non-hydrogen) atoms. The van der Waals surface area contributed by atoms with Crippen molar-refractivity contribution in [3.8, 4) is 0 Å². The lowest BCUT2D eigenvalue weighted by Gasteiger charge is -2.26. The van der Waals surface area contributed by atoms with E-state index in [1.54, 1.807) is 0 Å². The zero-order chi connectivity index (χ0) is 8.97. The topological polar surface area (TPSA) is 26.0 Å². The summed E-state index contributed by atoms with van der Waals surface area (Å²) in [6.45, 7) is 4.49. The first kappa shape index (κ1) is 10.0. The smallest absolute Gasteiger partial charge is 0.00105 e. The molecule has 0 spiro atoms. The molecular weight excluding hydrogens is 146 g/mol. The Balaban J connectivity index is 2.09. The molecule has 1 atom stereocenters. The lowest BCUT2D eigenvalue weighted by atomic mass is 9.80. The molecule has 2 N–H and O–H groups in total. The van der Waals surface area contributed by atoms with Gasteiger partial charge in [-0.05, 0) is 31.6 Å². The zero-order valence-electron chi connectivity index (χ0n) is 8.55. The second-order valence-corrected chi connectivity index (χ2v) is 4.68. The lowest BCUT2D eigenvalue weighted by Crippen LogP contribution is -2.18. The summed E-state index contributed by atoms with van der Waals surface area (Å²) in [4.78, 5) is 0. The summed E-state index contributed by atoms with van der Waals surface area (Å²) in [5, 5.41) is 0. The van der Waals surface area contributed by atoms with E-state index in [1.807, 2.05) is 0 Å². The molecule has 1 saturated carbocycles. The molecule has 0 saturated heterocycles. The fourth-order valence-electron chi connectivity index (χ4n) is 2.12. The molecule has 1 unspecified atom stereocenters. The predicted molar refractivity (Wildman–Crippen MR) is 54.0 cm³/mol. The summed E-state index contributed by atoms with van der Waals surface area (Å²) in [6.07, 6.45) is 8.39. The third kappa shape index (κ3) is 3.57. The van der Waals surface area contributed by atoms with Gasteiger partial charge in [0.05, 0.1) is 0 Å². The molecule has 0 bridgehead atoms. The molecule has 1 aliphatic rings. The van der Waals surface area contributed by atoms with Crippen LogP contribution in [0.2, 0.25) is 0 Å². The molecule has 0 aliphatic heterocycles. The molecule has 72 valence electrons. The highest BCUT2D eigenvalue weighted by atomic mass is 14.6. The highest BCUT2D eigenvalue weighted by molar-refractivity contribution is 4.71. The zero-order valence-corrected chi connectivity index (χ0v) is 8.55. The Morgan fingerprint density at radius 2 is 1.83 bits per heavy atom. The van der Waals surface area contributed by atoms with Gasteiger partial charge in [0, 0.05) is 6.04 Å². The second kappa shape index (κ2) is 4.86. The summed E-state index contributed by atoms with van der Waals surface area (Å²) < 4.78 is 0. The summed E-state index contributed by atoms with van der Waals surface area (Å²) >= 11 is 0. The molecule has 1 nitrogen and oxygen atoms in total. The van der Waals surface area contributed by atoms with Gasteiger partial charge in [-0.3, -0.25) is 0 Å². The van der Waals surface area contributed by atoms with E-state index in [1.165, 1.54) is 38.5 Å². The third-order valence-electron chi connectivity index (χ3n) is 3.17. The van der Waals surface area contributed by atoms with Gasteiger partial charge in [-0.2, -0.15) is 0 Å². The van der Waals surface area contributed by atoms with Crippen molar-refractivity contribution in [3.05, 3.63) is 0 Å². The first-order chi connectivity index (χ1) is 5.68. The van der Waals surface area contributed by atoms with Crippen LogP contribution in [-0.4, -0.2) is 6.04 Å². The van der Waals surface area contributed by atoms with Gasteiger partial charge in [0.2, 0.25) is 0 Å². The van der Waals surface area contributed by atoms with Gasteiger partial charge < -0.3 is 5.73 Å². The molecule has 0 aromatic carbocycles. The van der Waals surface area contributed by atoms with Gasteiger partial charge in [0.25, 0.3) is 0 Å². The minimum absolute atomic E-state index is 0.407. The minimum atomic E-state index is 0.407. The van der Waals surface area contributed by atoms with Crippen LogP contribution in [-0.2, 0) is 0 Å². The van der Waals surface area contributed by atoms with Gasteiger partial charge >= 0.3 is 0 Å². The molecule has 0 radical (unpaired) electrons. The van der Waals surface area contributed by atoms with Crippen molar-refractivity contribution in [2.45, 2.75) is 58.4 Å². The number of hydrogen-bond donors (Lipinski definition) is 1. The van der Waals surface area contributed by atoms with E-state index in [0.29, 0.717) is 6.04 Å². The normalized spacial score (nSPS) is 33.2. The van der Waals surface area contributed by atoms with Crippen molar-refractivity contribution >= 4 is 0 Å². The van der Waals surface area contributed by atoms with Crippen molar-refractivity contribution in [1.29, 1.82) is 0 Å². The summed E-state index contributed by atoms with van der Waals surface area (Å²) in [5.74, 6) is 1.98. The fourth-order valence-corrected chi connectivity index (χ4v) is 2.12. The predicted octanol–water partition coefficient (Wildman–Crippen LogP) is 2.94. The monoisotopic (exact) mass is 169 g/mol. The lowest BCUT2D eigenvalue weighted by molar-refractivity contribution is 0.270. The average Bonchev–Trinajstić information content (AvgIpc) is 2.03. The van der Waals surface area contributed by atoms with E-state index < -0.39 is 0 Å². The van der Waals surface area contributed by atoms with Crippen LogP contribution in [0.3, 0.4) is 0 Å². The fraction of sp³-hybridized carbons (Fsp3) is 1.00. The standard InChI is InChI=1S/C11H23N/c1-9-3-6-11(7-4-9)8-5-10(2)12/h9-11H,3-8,12H2,1-2H3. The van der Waals surface area contributed by atoms with Crippen molar-refractivity contribution in [2.75, 3.05) is 0 Å². The molecule has 0 aromatic heterocycles. The van der Waals surface area contributed by atoms with E-state index >= 15 is 0 Å². The third-order valence-corrected chi connectivity index (χ3v) is 3.17. The Morgan fingerprint density at radius 1 is 1.25 bits per heavy atom. The molecule has 1 rings (SSSR count). The maximum absolute atomic E-state index is 5.74. The molecule has 1 aliphatic carbocycles. The van der Waals surface area contributed by atoms with Crippen LogP contribution in [0.4, 0.5) is 0 Å². The van der Waals surface area contributed by atoms with Crippen molar-refractivity contribution in [1.82, 2.24) is 0 Å². The Kier molecular flexibility index (Phi) is 4.07. The van der Waals surface area contributed by atoms with Crippen LogP contribution in [0, 0.1) is 11.8 Å². The van der Waals surface area contributed by atoms with Crippen molar-refractivity contribution in [2.24, 2.45) is 17.6 Å². The summed E-state index contributed by atoms with van der Waals surface area (Å²) in [7, 11) is 0. The van der Waals surface area contributed by atoms with Gasteiger partial charge in [-0.1, -0.05) is 32.6 Å². The van der Waals surface area contributed by atoms with E-state index in [4.69, 9.17) is 5.73 Å². The minimum Gasteiger partial charge on any atom is -0.328 e. The Hall–Kier alpha value is -0.0400. The Morgan fingerprint density at radius 3 is 2.33 bits per heavy atom. The molecular formula is C11H23N. The first-order valence-electron chi connectivity index (χ1n) is 5.44.